The van der Waals surface area contributed by atoms with Crippen LogP contribution in [0.15, 0.2) is 45.6 Å². The van der Waals surface area contributed by atoms with Crippen LogP contribution in [0.25, 0.3) is 21.9 Å². The monoisotopic (exact) mass is 374 g/mol. The maximum Gasteiger partial charge on any atom is 0.302 e. The molecule has 0 aliphatic heterocycles. The molecular weight excluding hydrogens is 360 g/mol. The normalized spacial score (nSPS) is 10.8. The largest absolute Gasteiger partial charge is 0.493 e. The van der Waals surface area contributed by atoms with E-state index in [2.05, 4.69) is 0 Å². The van der Waals surface area contributed by atoms with Crippen LogP contribution >= 0.6 is 11.6 Å². The molecule has 134 valence electrons. The smallest absolute Gasteiger partial charge is 0.302 e. The number of carbonyl (C=O) groups is 2. The number of halogens is 1. The summed E-state index contributed by atoms with van der Waals surface area (Å²) in [6, 6.07) is 9.36. The number of benzene rings is 2. The molecule has 0 saturated carbocycles. The summed E-state index contributed by atoms with van der Waals surface area (Å²) >= 11 is 5.47. The van der Waals surface area contributed by atoms with Crippen LogP contribution in [0.1, 0.15) is 23.7 Å². The molecule has 1 heterocycles. The third-order valence-corrected chi connectivity index (χ3v) is 3.95. The van der Waals surface area contributed by atoms with Gasteiger partial charge in [0.2, 0.25) is 5.43 Å². The van der Waals surface area contributed by atoms with Gasteiger partial charge in [-0.05, 0) is 48.0 Å². The zero-order chi connectivity index (χ0) is 18.7. The zero-order valence-electron chi connectivity index (χ0n) is 13.9. The van der Waals surface area contributed by atoms with Crippen molar-refractivity contribution >= 4 is 44.8 Å². The molecule has 0 aliphatic carbocycles. The summed E-state index contributed by atoms with van der Waals surface area (Å²) < 4.78 is 16.1. The van der Waals surface area contributed by atoms with Crippen molar-refractivity contribution in [1.82, 2.24) is 0 Å². The molecule has 0 N–H and O–H groups in total. The van der Waals surface area contributed by atoms with Crippen LogP contribution in [0.2, 0.25) is 0 Å². The highest BCUT2D eigenvalue weighted by Crippen LogP contribution is 2.24. The number of ether oxygens (including phenoxy) is 2. The Kier molecular flexibility index (Phi) is 5.23. The summed E-state index contributed by atoms with van der Waals surface area (Å²) in [6.45, 7) is 1.97. The van der Waals surface area contributed by atoms with E-state index in [1.54, 1.807) is 18.2 Å². The van der Waals surface area contributed by atoms with Gasteiger partial charge in [0.25, 0.3) is 5.24 Å². The van der Waals surface area contributed by atoms with Crippen molar-refractivity contribution in [1.29, 1.82) is 0 Å². The van der Waals surface area contributed by atoms with Crippen LogP contribution < -0.4 is 10.2 Å². The number of hydrogen-bond acceptors (Lipinski definition) is 6. The van der Waals surface area contributed by atoms with Gasteiger partial charge in [-0.3, -0.25) is 14.4 Å². The van der Waals surface area contributed by atoms with Crippen LogP contribution in [0, 0.1) is 0 Å². The first-order chi connectivity index (χ1) is 12.5. The summed E-state index contributed by atoms with van der Waals surface area (Å²) in [6.07, 6.45) is 0.541. The lowest BCUT2D eigenvalue weighted by molar-refractivity contribution is -0.141. The number of hydrogen-bond donors (Lipinski definition) is 0. The highest BCUT2D eigenvalue weighted by molar-refractivity contribution is 6.67. The van der Waals surface area contributed by atoms with E-state index in [1.807, 2.05) is 0 Å². The Morgan fingerprint density at radius 3 is 2.58 bits per heavy atom. The molecule has 0 bridgehead atoms. The topological polar surface area (TPSA) is 82.8 Å². The number of rotatable bonds is 6. The fourth-order valence-electron chi connectivity index (χ4n) is 2.51. The van der Waals surface area contributed by atoms with Gasteiger partial charge in [-0.15, -0.1) is 0 Å². The summed E-state index contributed by atoms with van der Waals surface area (Å²) in [4.78, 5) is 34.6. The van der Waals surface area contributed by atoms with Gasteiger partial charge in [0.15, 0.2) is 0 Å². The van der Waals surface area contributed by atoms with Crippen molar-refractivity contribution < 1.29 is 23.5 Å². The van der Waals surface area contributed by atoms with E-state index in [0.717, 1.165) is 0 Å². The number of fused-ring (bicyclic) bond motifs is 2. The van der Waals surface area contributed by atoms with Crippen LogP contribution in [-0.2, 0) is 9.53 Å². The van der Waals surface area contributed by atoms with E-state index in [0.29, 0.717) is 40.7 Å². The SMILES string of the molecule is CC(=O)OCCCOc1ccc2oc3cc(C(=O)Cl)ccc3c(=O)c2c1. The van der Waals surface area contributed by atoms with Gasteiger partial charge in [-0.2, -0.15) is 0 Å². The standard InChI is InChI=1S/C19H15ClO6/c1-11(21)24-7-2-8-25-13-4-6-16-15(10-13)18(22)14-5-3-12(19(20)23)9-17(14)26-16/h3-6,9-10H,2,7-8H2,1H3. The van der Waals surface area contributed by atoms with Crippen LogP contribution in [-0.4, -0.2) is 24.4 Å². The zero-order valence-corrected chi connectivity index (χ0v) is 14.7. The average Bonchev–Trinajstić information content (AvgIpc) is 2.61. The predicted molar refractivity (Wildman–Crippen MR) is 96.9 cm³/mol. The highest BCUT2D eigenvalue weighted by atomic mass is 35.5. The minimum absolute atomic E-state index is 0.222. The Morgan fingerprint density at radius 2 is 1.85 bits per heavy atom. The minimum Gasteiger partial charge on any atom is -0.493 e. The Hall–Kier alpha value is -2.86. The van der Waals surface area contributed by atoms with Crippen molar-refractivity contribution in [2.75, 3.05) is 13.2 Å². The Morgan fingerprint density at radius 1 is 1.04 bits per heavy atom. The van der Waals surface area contributed by atoms with Crippen LogP contribution in [0.3, 0.4) is 0 Å². The molecule has 0 atom stereocenters. The molecule has 2 aromatic carbocycles. The molecule has 26 heavy (non-hydrogen) atoms. The molecule has 6 nitrogen and oxygen atoms in total. The summed E-state index contributed by atoms with van der Waals surface area (Å²) in [7, 11) is 0. The third-order valence-electron chi connectivity index (χ3n) is 3.73. The second kappa shape index (κ2) is 7.58. The number of carbonyl (C=O) groups excluding carboxylic acids is 2. The molecule has 0 radical (unpaired) electrons. The highest BCUT2D eigenvalue weighted by Gasteiger charge is 2.11. The molecular formula is C19H15ClO6. The van der Waals surface area contributed by atoms with Gasteiger partial charge in [0, 0.05) is 18.9 Å². The molecule has 1 aromatic heterocycles. The summed E-state index contributed by atoms with van der Waals surface area (Å²) in [5.74, 6) is 0.179. The van der Waals surface area contributed by atoms with Crippen LogP contribution in [0.4, 0.5) is 0 Å². The number of esters is 1. The first-order valence-electron chi connectivity index (χ1n) is 7.92. The lowest BCUT2D eigenvalue weighted by Gasteiger charge is -2.08. The fourth-order valence-corrected chi connectivity index (χ4v) is 2.63. The maximum absolute atomic E-state index is 12.7. The molecule has 0 amide bonds. The van der Waals surface area contributed by atoms with Crippen molar-refractivity contribution in [2.24, 2.45) is 0 Å². The molecule has 0 aliphatic rings. The van der Waals surface area contributed by atoms with E-state index in [9.17, 15) is 14.4 Å². The molecule has 0 unspecified atom stereocenters. The van der Waals surface area contributed by atoms with E-state index in [1.165, 1.54) is 25.1 Å². The summed E-state index contributed by atoms with van der Waals surface area (Å²) in [5, 5.41) is 0.109. The minimum atomic E-state index is -0.618. The average molecular weight is 375 g/mol. The van der Waals surface area contributed by atoms with Gasteiger partial charge < -0.3 is 13.9 Å². The predicted octanol–water partition coefficient (Wildman–Crippen LogP) is 3.66. The molecule has 3 rings (SSSR count). The van der Waals surface area contributed by atoms with E-state index < -0.39 is 5.24 Å². The fraction of sp³-hybridized carbons (Fsp3) is 0.211. The van der Waals surface area contributed by atoms with Crippen molar-refractivity contribution in [3.8, 4) is 5.75 Å². The van der Waals surface area contributed by atoms with Gasteiger partial charge in [-0.1, -0.05) is 0 Å². The maximum atomic E-state index is 12.7. The first kappa shape index (κ1) is 17.9. The molecule has 0 fully saturated rings. The lowest BCUT2D eigenvalue weighted by Crippen LogP contribution is -2.07. The molecule has 0 saturated heterocycles. The molecule has 7 heteroatoms. The lowest BCUT2D eigenvalue weighted by atomic mass is 10.1. The van der Waals surface area contributed by atoms with Crippen molar-refractivity contribution in [3.05, 3.63) is 52.2 Å². The van der Waals surface area contributed by atoms with Gasteiger partial charge in [-0.25, -0.2) is 0 Å². The van der Waals surface area contributed by atoms with Crippen molar-refractivity contribution in [3.63, 3.8) is 0 Å². The van der Waals surface area contributed by atoms with Crippen molar-refractivity contribution in [2.45, 2.75) is 13.3 Å². The second-order valence-corrected chi connectivity index (χ2v) is 5.96. The second-order valence-electron chi connectivity index (χ2n) is 5.62. The van der Waals surface area contributed by atoms with E-state index in [-0.39, 0.29) is 23.6 Å². The Labute approximate surface area is 153 Å². The van der Waals surface area contributed by atoms with E-state index >= 15 is 0 Å². The van der Waals surface area contributed by atoms with Gasteiger partial charge in [0.1, 0.15) is 16.9 Å². The van der Waals surface area contributed by atoms with Crippen LogP contribution in [0.5, 0.6) is 5.75 Å². The Bertz CT molecular complexity index is 1050. The van der Waals surface area contributed by atoms with Gasteiger partial charge in [0.05, 0.1) is 24.0 Å². The molecule has 0 spiro atoms. The van der Waals surface area contributed by atoms with E-state index in [4.69, 9.17) is 25.5 Å². The van der Waals surface area contributed by atoms with Gasteiger partial charge >= 0.3 is 5.97 Å². The molecule has 3 aromatic rings. The Balaban J connectivity index is 1.87. The first-order valence-corrected chi connectivity index (χ1v) is 8.30. The quantitative estimate of drug-likeness (QED) is 0.283. The third kappa shape index (κ3) is 3.86. The summed E-state index contributed by atoms with van der Waals surface area (Å²) in [5.41, 5.74) is 0.715.